The molecule has 1 aromatic rings. The number of hydrogen-bond acceptors (Lipinski definition) is 2. The lowest BCUT2D eigenvalue weighted by molar-refractivity contribution is 0.281. The first-order valence-corrected chi connectivity index (χ1v) is 5.85. The Morgan fingerprint density at radius 2 is 2.06 bits per heavy atom. The molecule has 0 spiro atoms. The molecular weight excluding hydrogens is 205 g/mol. The van der Waals surface area contributed by atoms with Crippen molar-refractivity contribution in [2.45, 2.75) is 26.4 Å². The first kappa shape index (κ1) is 11.4. The average Bonchev–Trinajstić information content (AvgIpc) is 2.30. The monoisotopic (exact) mass is 223 g/mol. The van der Waals surface area contributed by atoms with Crippen LogP contribution in [0, 0.1) is 11.7 Å². The first-order valence-electron chi connectivity index (χ1n) is 5.85. The molecule has 0 radical (unpaired) electrons. The maximum atomic E-state index is 13.0. The molecule has 0 aliphatic carbocycles. The van der Waals surface area contributed by atoms with Crippen LogP contribution in [-0.4, -0.2) is 18.2 Å². The molecule has 1 aliphatic heterocycles. The zero-order valence-corrected chi connectivity index (χ0v) is 9.62. The van der Waals surface area contributed by atoms with Gasteiger partial charge in [-0.15, -0.1) is 0 Å². The summed E-state index contributed by atoms with van der Waals surface area (Å²) >= 11 is 0. The van der Waals surface area contributed by atoms with Gasteiger partial charge in [-0.3, -0.25) is 0 Å². The third-order valence-electron chi connectivity index (χ3n) is 3.34. The minimum Gasteiger partial charge on any atom is -0.392 e. The molecule has 1 N–H and O–H groups in total. The lowest BCUT2D eigenvalue weighted by Crippen LogP contribution is -2.33. The van der Waals surface area contributed by atoms with Gasteiger partial charge in [0.25, 0.3) is 0 Å². The number of aliphatic hydroxyl groups excluding tert-OH is 1. The summed E-state index contributed by atoms with van der Waals surface area (Å²) in [6.07, 6.45) is 2.34. The fourth-order valence-corrected chi connectivity index (χ4v) is 2.24. The van der Waals surface area contributed by atoms with Crippen molar-refractivity contribution in [2.24, 2.45) is 5.92 Å². The van der Waals surface area contributed by atoms with Crippen molar-refractivity contribution in [1.82, 2.24) is 0 Å². The van der Waals surface area contributed by atoms with Crippen LogP contribution in [0.3, 0.4) is 0 Å². The summed E-state index contributed by atoms with van der Waals surface area (Å²) in [5.74, 6) is 0.493. The molecule has 0 saturated carbocycles. The molecule has 1 heterocycles. The average molecular weight is 223 g/mol. The van der Waals surface area contributed by atoms with E-state index in [9.17, 15) is 9.50 Å². The predicted molar refractivity (Wildman–Crippen MR) is 62.9 cm³/mol. The van der Waals surface area contributed by atoms with Gasteiger partial charge in [-0.05, 0) is 37.0 Å². The van der Waals surface area contributed by atoms with Crippen molar-refractivity contribution in [2.75, 3.05) is 18.0 Å². The summed E-state index contributed by atoms with van der Waals surface area (Å²) in [7, 11) is 0. The van der Waals surface area contributed by atoms with Crippen LogP contribution in [0.1, 0.15) is 25.3 Å². The van der Waals surface area contributed by atoms with Crippen molar-refractivity contribution in [1.29, 1.82) is 0 Å². The molecule has 1 aliphatic rings. The molecule has 2 nitrogen and oxygen atoms in total. The molecule has 88 valence electrons. The quantitative estimate of drug-likeness (QED) is 0.833. The van der Waals surface area contributed by atoms with Gasteiger partial charge >= 0.3 is 0 Å². The van der Waals surface area contributed by atoms with Crippen LogP contribution in [0.5, 0.6) is 0 Å². The highest BCUT2D eigenvalue weighted by atomic mass is 19.1. The molecule has 3 heteroatoms. The van der Waals surface area contributed by atoms with E-state index in [2.05, 4.69) is 11.8 Å². The van der Waals surface area contributed by atoms with Gasteiger partial charge in [0.05, 0.1) is 6.61 Å². The van der Waals surface area contributed by atoms with Gasteiger partial charge in [0.1, 0.15) is 5.82 Å². The molecule has 0 unspecified atom stereocenters. The summed E-state index contributed by atoms with van der Waals surface area (Å²) in [6, 6.07) is 4.66. The highest BCUT2D eigenvalue weighted by Gasteiger charge is 2.18. The molecular formula is C13H18FNO. The lowest BCUT2D eigenvalue weighted by atomic mass is 9.98. The van der Waals surface area contributed by atoms with Crippen molar-refractivity contribution >= 4 is 5.69 Å². The van der Waals surface area contributed by atoms with Gasteiger partial charge in [0.2, 0.25) is 0 Å². The van der Waals surface area contributed by atoms with E-state index >= 15 is 0 Å². The number of hydrogen-bond donors (Lipinski definition) is 1. The van der Waals surface area contributed by atoms with Crippen LogP contribution < -0.4 is 4.90 Å². The van der Waals surface area contributed by atoms with E-state index < -0.39 is 0 Å². The second-order valence-electron chi connectivity index (χ2n) is 4.60. The highest BCUT2D eigenvalue weighted by molar-refractivity contribution is 5.53. The Labute approximate surface area is 95.7 Å². The first-order chi connectivity index (χ1) is 7.70. The Kier molecular flexibility index (Phi) is 3.44. The molecule has 0 atom stereocenters. The molecule has 1 saturated heterocycles. The standard InChI is InChI=1S/C13H18FNO/c1-10-4-6-15(7-5-10)13-3-2-12(14)8-11(13)9-16/h2-3,8,10,16H,4-7,9H2,1H3. The highest BCUT2D eigenvalue weighted by Crippen LogP contribution is 2.26. The zero-order chi connectivity index (χ0) is 11.5. The van der Waals surface area contributed by atoms with Crippen LogP contribution >= 0.6 is 0 Å². The Bertz CT molecular complexity index is 359. The van der Waals surface area contributed by atoms with E-state index in [1.165, 1.54) is 25.0 Å². The SMILES string of the molecule is CC1CCN(c2ccc(F)cc2CO)CC1. The Hall–Kier alpha value is -1.09. The topological polar surface area (TPSA) is 23.5 Å². The smallest absolute Gasteiger partial charge is 0.123 e. The fourth-order valence-electron chi connectivity index (χ4n) is 2.24. The summed E-state index contributed by atoms with van der Waals surface area (Å²) in [6.45, 7) is 4.16. The summed E-state index contributed by atoms with van der Waals surface area (Å²) < 4.78 is 13.0. The van der Waals surface area contributed by atoms with Crippen molar-refractivity contribution in [3.63, 3.8) is 0 Å². The van der Waals surface area contributed by atoms with E-state index in [0.29, 0.717) is 5.56 Å². The number of aliphatic hydroxyl groups is 1. The van der Waals surface area contributed by atoms with Crippen LogP contribution in [0.4, 0.5) is 10.1 Å². The maximum Gasteiger partial charge on any atom is 0.123 e. The van der Waals surface area contributed by atoms with Crippen molar-refractivity contribution in [3.8, 4) is 0 Å². The van der Waals surface area contributed by atoms with Gasteiger partial charge in [0, 0.05) is 24.3 Å². The second-order valence-corrected chi connectivity index (χ2v) is 4.60. The minimum absolute atomic E-state index is 0.0981. The van der Waals surface area contributed by atoms with Gasteiger partial charge in [-0.2, -0.15) is 0 Å². The third-order valence-corrected chi connectivity index (χ3v) is 3.34. The molecule has 2 rings (SSSR count). The van der Waals surface area contributed by atoms with E-state index in [-0.39, 0.29) is 12.4 Å². The second kappa shape index (κ2) is 4.83. The van der Waals surface area contributed by atoms with Crippen LogP contribution in [0.15, 0.2) is 18.2 Å². The lowest BCUT2D eigenvalue weighted by Gasteiger charge is -2.33. The maximum absolute atomic E-state index is 13.0. The Balaban J connectivity index is 2.19. The van der Waals surface area contributed by atoms with Gasteiger partial charge < -0.3 is 10.0 Å². The van der Waals surface area contributed by atoms with Crippen LogP contribution in [0.2, 0.25) is 0 Å². The minimum atomic E-state index is -0.279. The predicted octanol–water partition coefficient (Wildman–Crippen LogP) is 2.55. The van der Waals surface area contributed by atoms with E-state index in [4.69, 9.17) is 0 Å². The number of rotatable bonds is 2. The van der Waals surface area contributed by atoms with Gasteiger partial charge in [-0.25, -0.2) is 4.39 Å². The molecule has 1 fully saturated rings. The molecule has 0 amide bonds. The number of nitrogens with zero attached hydrogens (tertiary/aromatic N) is 1. The molecule has 0 bridgehead atoms. The Morgan fingerprint density at radius 1 is 1.38 bits per heavy atom. The fraction of sp³-hybridized carbons (Fsp3) is 0.538. The van der Waals surface area contributed by atoms with Gasteiger partial charge in [0.15, 0.2) is 0 Å². The third kappa shape index (κ3) is 2.35. The normalized spacial score (nSPS) is 17.8. The van der Waals surface area contributed by atoms with E-state index in [0.717, 1.165) is 24.7 Å². The van der Waals surface area contributed by atoms with Crippen molar-refractivity contribution in [3.05, 3.63) is 29.6 Å². The largest absolute Gasteiger partial charge is 0.392 e. The number of halogens is 1. The van der Waals surface area contributed by atoms with Gasteiger partial charge in [-0.1, -0.05) is 6.92 Å². The number of benzene rings is 1. The zero-order valence-electron chi connectivity index (χ0n) is 9.62. The molecule has 0 aromatic heterocycles. The number of anilines is 1. The van der Waals surface area contributed by atoms with Crippen LogP contribution in [0.25, 0.3) is 0 Å². The van der Waals surface area contributed by atoms with E-state index in [1.54, 1.807) is 6.07 Å². The number of piperidine rings is 1. The van der Waals surface area contributed by atoms with Crippen molar-refractivity contribution < 1.29 is 9.50 Å². The van der Waals surface area contributed by atoms with E-state index in [1.807, 2.05) is 0 Å². The summed E-state index contributed by atoms with van der Waals surface area (Å²) in [5, 5.41) is 9.23. The van der Waals surface area contributed by atoms with Crippen LogP contribution in [-0.2, 0) is 6.61 Å². The Morgan fingerprint density at radius 3 is 2.69 bits per heavy atom. The molecule has 16 heavy (non-hydrogen) atoms. The summed E-state index contributed by atoms with van der Waals surface area (Å²) in [5.41, 5.74) is 1.67. The molecule has 1 aromatic carbocycles. The summed E-state index contributed by atoms with van der Waals surface area (Å²) in [4.78, 5) is 2.24.